The van der Waals surface area contributed by atoms with E-state index < -0.39 is 11.3 Å². The van der Waals surface area contributed by atoms with Crippen LogP contribution in [0.1, 0.15) is 31.9 Å². The molecular formula is C11H12N2O3. The SMILES string of the molecule is CCC(C)c1ccc2c(=O)[nH]c(=O)oc2n1. The molecule has 0 aliphatic heterocycles. The van der Waals surface area contributed by atoms with E-state index in [1.165, 1.54) is 0 Å². The first-order valence-electron chi connectivity index (χ1n) is 5.16. The second-order valence-corrected chi connectivity index (χ2v) is 3.74. The van der Waals surface area contributed by atoms with Crippen LogP contribution in [0, 0.1) is 0 Å². The molecule has 0 aliphatic carbocycles. The molecule has 0 bridgehead atoms. The van der Waals surface area contributed by atoms with Gasteiger partial charge in [-0.25, -0.2) is 9.78 Å². The average molecular weight is 220 g/mol. The van der Waals surface area contributed by atoms with Crippen molar-refractivity contribution in [3.05, 3.63) is 38.7 Å². The van der Waals surface area contributed by atoms with E-state index in [2.05, 4.69) is 9.97 Å². The van der Waals surface area contributed by atoms with Crippen molar-refractivity contribution in [2.45, 2.75) is 26.2 Å². The maximum Gasteiger partial charge on any atom is 0.420 e. The minimum atomic E-state index is -0.772. The van der Waals surface area contributed by atoms with Gasteiger partial charge in [-0.15, -0.1) is 0 Å². The fourth-order valence-corrected chi connectivity index (χ4v) is 1.46. The summed E-state index contributed by atoms with van der Waals surface area (Å²) in [7, 11) is 0. The minimum absolute atomic E-state index is 0.103. The summed E-state index contributed by atoms with van der Waals surface area (Å²) in [6, 6.07) is 3.41. The number of hydrogen-bond acceptors (Lipinski definition) is 4. The Bertz CT molecular complexity index is 627. The lowest BCUT2D eigenvalue weighted by molar-refractivity contribution is 0.514. The summed E-state index contributed by atoms with van der Waals surface area (Å²) in [6.07, 6.45) is 0.936. The molecule has 2 rings (SSSR count). The van der Waals surface area contributed by atoms with Crippen LogP contribution < -0.4 is 11.3 Å². The quantitative estimate of drug-likeness (QED) is 0.829. The molecular weight excluding hydrogens is 208 g/mol. The number of rotatable bonds is 2. The summed E-state index contributed by atoms with van der Waals surface area (Å²) < 4.78 is 4.86. The van der Waals surface area contributed by atoms with Crippen molar-refractivity contribution in [1.82, 2.24) is 9.97 Å². The molecule has 1 unspecified atom stereocenters. The summed E-state index contributed by atoms with van der Waals surface area (Å²) in [5.41, 5.74) is 0.463. The average Bonchev–Trinajstić information content (AvgIpc) is 2.27. The van der Waals surface area contributed by atoms with Crippen LogP contribution in [-0.2, 0) is 0 Å². The van der Waals surface area contributed by atoms with Crippen molar-refractivity contribution >= 4 is 11.1 Å². The molecule has 5 heteroatoms. The summed E-state index contributed by atoms with van der Waals surface area (Å²) >= 11 is 0. The predicted octanol–water partition coefficient (Wildman–Crippen LogP) is 1.39. The topological polar surface area (TPSA) is 76.0 Å². The maximum absolute atomic E-state index is 11.4. The van der Waals surface area contributed by atoms with Gasteiger partial charge in [0.2, 0.25) is 5.71 Å². The van der Waals surface area contributed by atoms with E-state index in [0.29, 0.717) is 5.39 Å². The molecule has 0 aromatic carbocycles. The molecule has 0 saturated heterocycles. The van der Waals surface area contributed by atoms with Gasteiger partial charge in [-0.05, 0) is 24.5 Å². The van der Waals surface area contributed by atoms with Crippen molar-refractivity contribution in [3.63, 3.8) is 0 Å². The van der Waals surface area contributed by atoms with Gasteiger partial charge in [-0.3, -0.25) is 9.78 Å². The third-order valence-electron chi connectivity index (χ3n) is 2.65. The molecule has 2 aromatic heterocycles. The Morgan fingerprint density at radius 3 is 2.88 bits per heavy atom. The molecule has 2 aromatic rings. The normalized spacial score (nSPS) is 12.9. The molecule has 0 fully saturated rings. The summed E-state index contributed by atoms with van der Waals surface area (Å²) in [5, 5.41) is 0.298. The molecule has 2 heterocycles. The zero-order valence-corrected chi connectivity index (χ0v) is 9.11. The number of pyridine rings is 1. The van der Waals surface area contributed by atoms with E-state index in [4.69, 9.17) is 4.42 Å². The van der Waals surface area contributed by atoms with Crippen molar-refractivity contribution in [3.8, 4) is 0 Å². The number of nitrogens with one attached hydrogen (secondary N) is 1. The van der Waals surface area contributed by atoms with Crippen LogP contribution in [-0.4, -0.2) is 9.97 Å². The number of nitrogens with zero attached hydrogens (tertiary/aromatic N) is 1. The highest BCUT2D eigenvalue weighted by molar-refractivity contribution is 5.71. The molecule has 0 amide bonds. The molecule has 0 aliphatic rings. The number of aromatic amines is 1. The van der Waals surface area contributed by atoms with Crippen molar-refractivity contribution in [2.75, 3.05) is 0 Å². The van der Waals surface area contributed by atoms with Gasteiger partial charge in [0.25, 0.3) is 5.56 Å². The Labute approximate surface area is 91.1 Å². The van der Waals surface area contributed by atoms with Crippen molar-refractivity contribution < 1.29 is 4.42 Å². The van der Waals surface area contributed by atoms with E-state index in [9.17, 15) is 9.59 Å². The number of fused-ring (bicyclic) bond motifs is 1. The third-order valence-corrected chi connectivity index (χ3v) is 2.65. The van der Waals surface area contributed by atoms with Crippen LogP contribution in [0.4, 0.5) is 0 Å². The highest BCUT2D eigenvalue weighted by Crippen LogP contribution is 2.17. The van der Waals surface area contributed by atoms with Gasteiger partial charge in [0.1, 0.15) is 5.39 Å². The predicted molar refractivity (Wildman–Crippen MR) is 59.6 cm³/mol. The van der Waals surface area contributed by atoms with E-state index in [0.717, 1.165) is 12.1 Å². The van der Waals surface area contributed by atoms with Gasteiger partial charge < -0.3 is 4.42 Å². The second kappa shape index (κ2) is 3.92. The fourth-order valence-electron chi connectivity index (χ4n) is 1.46. The van der Waals surface area contributed by atoms with Gasteiger partial charge in [-0.1, -0.05) is 13.8 Å². The third kappa shape index (κ3) is 1.76. The molecule has 84 valence electrons. The fraction of sp³-hybridized carbons (Fsp3) is 0.364. The molecule has 0 spiro atoms. The number of hydrogen-bond donors (Lipinski definition) is 1. The van der Waals surface area contributed by atoms with Crippen LogP contribution in [0.25, 0.3) is 11.1 Å². The van der Waals surface area contributed by atoms with Gasteiger partial charge in [0.05, 0.1) is 0 Å². The summed E-state index contributed by atoms with van der Waals surface area (Å²) in [6.45, 7) is 4.07. The van der Waals surface area contributed by atoms with E-state index in [1.807, 2.05) is 13.8 Å². The zero-order valence-electron chi connectivity index (χ0n) is 9.11. The maximum atomic E-state index is 11.4. The first-order chi connectivity index (χ1) is 7.61. The Kier molecular flexibility index (Phi) is 2.60. The Morgan fingerprint density at radius 2 is 2.19 bits per heavy atom. The Morgan fingerprint density at radius 1 is 1.44 bits per heavy atom. The highest BCUT2D eigenvalue weighted by atomic mass is 16.4. The Hall–Kier alpha value is -1.91. The first-order valence-corrected chi connectivity index (χ1v) is 5.16. The summed E-state index contributed by atoms with van der Waals surface area (Å²) in [4.78, 5) is 28.6. The minimum Gasteiger partial charge on any atom is -0.390 e. The van der Waals surface area contributed by atoms with E-state index >= 15 is 0 Å². The van der Waals surface area contributed by atoms with Gasteiger partial charge in [0.15, 0.2) is 0 Å². The van der Waals surface area contributed by atoms with Crippen LogP contribution >= 0.6 is 0 Å². The van der Waals surface area contributed by atoms with Crippen LogP contribution in [0.5, 0.6) is 0 Å². The van der Waals surface area contributed by atoms with Crippen molar-refractivity contribution in [2.24, 2.45) is 0 Å². The lowest BCUT2D eigenvalue weighted by Gasteiger charge is -2.07. The molecule has 0 radical (unpaired) electrons. The Balaban J connectivity index is 2.71. The smallest absolute Gasteiger partial charge is 0.390 e. The standard InChI is InChI=1S/C11H12N2O3/c1-3-6(2)8-5-4-7-9(14)13-11(15)16-10(7)12-8/h4-6H,3H2,1-2H3,(H,13,14,15). The van der Waals surface area contributed by atoms with Crippen LogP contribution in [0.3, 0.4) is 0 Å². The molecule has 1 N–H and O–H groups in total. The number of aromatic nitrogens is 2. The second-order valence-electron chi connectivity index (χ2n) is 3.74. The van der Waals surface area contributed by atoms with Gasteiger partial charge >= 0.3 is 5.76 Å². The lowest BCUT2D eigenvalue weighted by atomic mass is 10.0. The van der Waals surface area contributed by atoms with Crippen molar-refractivity contribution in [1.29, 1.82) is 0 Å². The van der Waals surface area contributed by atoms with Crippen LogP contribution in [0.2, 0.25) is 0 Å². The molecule has 16 heavy (non-hydrogen) atoms. The van der Waals surface area contributed by atoms with E-state index in [1.54, 1.807) is 12.1 Å². The van der Waals surface area contributed by atoms with Gasteiger partial charge in [0, 0.05) is 5.69 Å². The number of H-pyrrole nitrogens is 1. The molecule has 1 atom stereocenters. The van der Waals surface area contributed by atoms with Crippen LogP contribution in [0.15, 0.2) is 26.1 Å². The largest absolute Gasteiger partial charge is 0.420 e. The highest BCUT2D eigenvalue weighted by Gasteiger charge is 2.09. The molecule has 0 saturated carbocycles. The zero-order chi connectivity index (χ0) is 11.7. The monoisotopic (exact) mass is 220 g/mol. The first kappa shape index (κ1) is 10.6. The van der Waals surface area contributed by atoms with Gasteiger partial charge in [-0.2, -0.15) is 0 Å². The lowest BCUT2D eigenvalue weighted by Crippen LogP contribution is -2.18. The summed E-state index contributed by atoms with van der Waals surface area (Å²) in [5.74, 6) is -0.500. The molecule has 5 nitrogen and oxygen atoms in total. The van der Waals surface area contributed by atoms with E-state index in [-0.39, 0.29) is 11.6 Å².